The van der Waals surface area contributed by atoms with Gasteiger partial charge in [0.2, 0.25) is 11.8 Å². The van der Waals surface area contributed by atoms with E-state index in [0.717, 1.165) is 5.82 Å². The topological polar surface area (TPSA) is 84.0 Å². The van der Waals surface area contributed by atoms with Crippen molar-refractivity contribution in [3.8, 4) is 0 Å². The Morgan fingerprint density at radius 2 is 2.00 bits per heavy atom. The molecule has 2 amide bonds. The van der Waals surface area contributed by atoms with Gasteiger partial charge in [-0.15, -0.1) is 0 Å². The number of aromatic nitrogens is 2. The first kappa shape index (κ1) is 12.5. The Labute approximate surface area is 105 Å². The van der Waals surface area contributed by atoms with Crippen molar-refractivity contribution in [2.75, 3.05) is 5.32 Å². The molecule has 0 saturated carbocycles. The predicted molar refractivity (Wildman–Crippen MR) is 65.9 cm³/mol. The highest BCUT2D eigenvalue weighted by Gasteiger charge is 2.26. The average Bonchev–Trinajstić information content (AvgIpc) is 2.33. The molecule has 96 valence electrons. The predicted octanol–water partition coefficient (Wildman–Crippen LogP) is 0.817. The van der Waals surface area contributed by atoms with Gasteiger partial charge in [-0.05, 0) is 6.42 Å². The second kappa shape index (κ2) is 5.12. The van der Waals surface area contributed by atoms with Crippen molar-refractivity contribution in [1.29, 1.82) is 0 Å². The molecule has 1 saturated heterocycles. The van der Waals surface area contributed by atoms with Crippen molar-refractivity contribution in [1.82, 2.24) is 15.3 Å². The summed E-state index contributed by atoms with van der Waals surface area (Å²) in [6.45, 7) is 4.03. The average molecular weight is 248 g/mol. The Hall–Kier alpha value is -1.98. The van der Waals surface area contributed by atoms with E-state index in [9.17, 15) is 9.59 Å². The van der Waals surface area contributed by atoms with Crippen molar-refractivity contribution in [3.63, 3.8) is 0 Å². The summed E-state index contributed by atoms with van der Waals surface area (Å²) in [4.78, 5) is 31.0. The first-order valence-corrected chi connectivity index (χ1v) is 5.98. The van der Waals surface area contributed by atoms with Gasteiger partial charge in [-0.3, -0.25) is 14.9 Å². The molecule has 0 aliphatic carbocycles. The Morgan fingerprint density at radius 1 is 1.33 bits per heavy atom. The van der Waals surface area contributed by atoms with Crippen LogP contribution in [0.5, 0.6) is 0 Å². The largest absolute Gasteiger partial charge is 0.371 e. The second-order valence-corrected chi connectivity index (χ2v) is 4.63. The van der Waals surface area contributed by atoms with Crippen LogP contribution in [0.2, 0.25) is 0 Å². The van der Waals surface area contributed by atoms with E-state index in [0.29, 0.717) is 18.5 Å². The molecule has 0 spiro atoms. The lowest BCUT2D eigenvalue weighted by molar-refractivity contribution is -0.133. The fraction of sp³-hybridized carbons (Fsp3) is 0.500. The quantitative estimate of drug-likeness (QED) is 0.773. The second-order valence-electron chi connectivity index (χ2n) is 4.63. The number of nitrogens with one attached hydrogen (secondary N) is 2. The SMILES string of the molecule is CC(C)c1ncc(NC2CCC(=O)NC2=O)cn1. The summed E-state index contributed by atoms with van der Waals surface area (Å²) >= 11 is 0. The van der Waals surface area contributed by atoms with Crippen LogP contribution in [-0.4, -0.2) is 27.8 Å². The first-order valence-electron chi connectivity index (χ1n) is 5.98. The molecular formula is C12H16N4O2. The zero-order valence-corrected chi connectivity index (χ0v) is 10.4. The fourth-order valence-electron chi connectivity index (χ4n) is 1.74. The standard InChI is InChI=1S/C12H16N4O2/c1-7(2)11-13-5-8(6-14-11)15-9-3-4-10(17)16-12(9)18/h5-7,9,15H,3-4H2,1-2H3,(H,16,17,18). The van der Waals surface area contributed by atoms with Crippen LogP contribution in [0, 0.1) is 0 Å². The van der Waals surface area contributed by atoms with Gasteiger partial charge in [0.05, 0.1) is 18.1 Å². The number of carbonyl (C=O) groups is 2. The number of carbonyl (C=O) groups excluding carboxylic acids is 2. The van der Waals surface area contributed by atoms with E-state index in [4.69, 9.17) is 0 Å². The summed E-state index contributed by atoms with van der Waals surface area (Å²) in [7, 11) is 0. The zero-order chi connectivity index (χ0) is 13.1. The van der Waals surface area contributed by atoms with Gasteiger partial charge in [0, 0.05) is 12.3 Å². The number of hydrogen-bond donors (Lipinski definition) is 2. The molecule has 6 heteroatoms. The number of amides is 2. The molecule has 1 aliphatic heterocycles. The maximum Gasteiger partial charge on any atom is 0.249 e. The molecule has 0 bridgehead atoms. The van der Waals surface area contributed by atoms with Gasteiger partial charge < -0.3 is 5.32 Å². The van der Waals surface area contributed by atoms with Gasteiger partial charge in [0.25, 0.3) is 0 Å². The van der Waals surface area contributed by atoms with Crippen LogP contribution in [0.15, 0.2) is 12.4 Å². The van der Waals surface area contributed by atoms with Crippen LogP contribution in [0.25, 0.3) is 0 Å². The van der Waals surface area contributed by atoms with Crippen molar-refractivity contribution in [2.45, 2.75) is 38.6 Å². The molecule has 2 heterocycles. The van der Waals surface area contributed by atoms with E-state index in [1.54, 1.807) is 12.4 Å². The third kappa shape index (κ3) is 2.82. The van der Waals surface area contributed by atoms with Gasteiger partial charge in [-0.2, -0.15) is 0 Å². The monoisotopic (exact) mass is 248 g/mol. The van der Waals surface area contributed by atoms with Gasteiger partial charge in [0.1, 0.15) is 11.9 Å². The van der Waals surface area contributed by atoms with Crippen molar-refractivity contribution in [3.05, 3.63) is 18.2 Å². The summed E-state index contributed by atoms with van der Waals surface area (Å²) < 4.78 is 0. The summed E-state index contributed by atoms with van der Waals surface area (Å²) in [5.41, 5.74) is 0.689. The van der Waals surface area contributed by atoms with Gasteiger partial charge >= 0.3 is 0 Å². The molecular weight excluding hydrogens is 232 g/mol. The Kier molecular flexibility index (Phi) is 3.55. The number of anilines is 1. The highest BCUT2D eigenvalue weighted by atomic mass is 16.2. The molecule has 18 heavy (non-hydrogen) atoms. The Morgan fingerprint density at radius 3 is 2.56 bits per heavy atom. The molecule has 2 rings (SSSR count). The molecule has 6 nitrogen and oxygen atoms in total. The minimum absolute atomic E-state index is 0.218. The molecule has 1 fully saturated rings. The number of imide groups is 1. The lowest BCUT2D eigenvalue weighted by atomic mass is 10.1. The van der Waals surface area contributed by atoms with E-state index in [2.05, 4.69) is 20.6 Å². The number of hydrogen-bond acceptors (Lipinski definition) is 5. The van der Waals surface area contributed by atoms with E-state index in [1.807, 2.05) is 13.8 Å². The molecule has 1 aromatic rings. The third-order valence-electron chi connectivity index (χ3n) is 2.77. The summed E-state index contributed by atoms with van der Waals surface area (Å²) in [5, 5.41) is 5.33. The third-order valence-corrected chi connectivity index (χ3v) is 2.77. The van der Waals surface area contributed by atoms with Crippen LogP contribution in [0.3, 0.4) is 0 Å². The van der Waals surface area contributed by atoms with Crippen molar-refractivity contribution in [2.24, 2.45) is 0 Å². The van der Waals surface area contributed by atoms with Crippen LogP contribution in [-0.2, 0) is 9.59 Å². The summed E-state index contributed by atoms with van der Waals surface area (Å²) in [5.74, 6) is 0.530. The molecule has 1 aromatic heterocycles. The lowest BCUT2D eigenvalue weighted by Crippen LogP contribution is -2.47. The minimum atomic E-state index is -0.392. The van der Waals surface area contributed by atoms with Gasteiger partial charge in [-0.1, -0.05) is 13.8 Å². The van der Waals surface area contributed by atoms with Crippen molar-refractivity contribution < 1.29 is 9.59 Å². The van der Waals surface area contributed by atoms with Gasteiger partial charge in [-0.25, -0.2) is 9.97 Å². The maximum atomic E-state index is 11.5. The van der Waals surface area contributed by atoms with Crippen molar-refractivity contribution >= 4 is 17.5 Å². The highest BCUT2D eigenvalue weighted by Crippen LogP contribution is 2.14. The number of piperidine rings is 1. The fourth-order valence-corrected chi connectivity index (χ4v) is 1.74. The zero-order valence-electron chi connectivity index (χ0n) is 10.4. The molecule has 1 aliphatic rings. The molecule has 0 radical (unpaired) electrons. The van der Waals surface area contributed by atoms with Crippen LogP contribution >= 0.6 is 0 Å². The van der Waals surface area contributed by atoms with Crippen LogP contribution in [0.4, 0.5) is 5.69 Å². The minimum Gasteiger partial charge on any atom is -0.371 e. The molecule has 1 unspecified atom stereocenters. The summed E-state index contributed by atoms with van der Waals surface area (Å²) in [6, 6.07) is -0.392. The van der Waals surface area contributed by atoms with E-state index in [-0.39, 0.29) is 17.7 Å². The highest BCUT2D eigenvalue weighted by molar-refractivity contribution is 6.01. The molecule has 2 N–H and O–H groups in total. The molecule has 1 atom stereocenters. The maximum absolute atomic E-state index is 11.5. The van der Waals surface area contributed by atoms with Crippen LogP contribution < -0.4 is 10.6 Å². The number of rotatable bonds is 3. The van der Waals surface area contributed by atoms with Gasteiger partial charge in [0.15, 0.2) is 0 Å². The first-order chi connectivity index (χ1) is 8.56. The van der Waals surface area contributed by atoms with Crippen LogP contribution in [0.1, 0.15) is 38.4 Å². The Balaban J connectivity index is 2.01. The van der Waals surface area contributed by atoms with E-state index < -0.39 is 6.04 Å². The number of nitrogens with zero attached hydrogens (tertiary/aromatic N) is 2. The van der Waals surface area contributed by atoms with E-state index in [1.165, 1.54) is 0 Å². The molecule has 0 aromatic carbocycles. The summed E-state index contributed by atoms with van der Waals surface area (Å²) in [6.07, 6.45) is 4.17. The lowest BCUT2D eigenvalue weighted by Gasteiger charge is -2.22. The normalized spacial score (nSPS) is 19.8. The van der Waals surface area contributed by atoms with E-state index >= 15 is 0 Å². The Bertz CT molecular complexity index is 456. The smallest absolute Gasteiger partial charge is 0.249 e.